The lowest BCUT2D eigenvalue weighted by molar-refractivity contribution is -0.141. The zero-order valence-corrected chi connectivity index (χ0v) is 22.5. The van der Waals surface area contributed by atoms with Gasteiger partial charge in [-0.1, -0.05) is 51.0 Å². The molecule has 7 nitrogen and oxygen atoms in total. The van der Waals surface area contributed by atoms with Crippen LogP contribution in [0.25, 0.3) is 10.4 Å². The van der Waals surface area contributed by atoms with Crippen molar-refractivity contribution in [2.45, 2.75) is 84.0 Å². The maximum absolute atomic E-state index is 13.7. The average molecular weight is 513 g/mol. The highest BCUT2D eigenvalue weighted by Gasteiger charge is 2.43. The van der Waals surface area contributed by atoms with E-state index in [4.69, 9.17) is 0 Å². The first-order valence-electron chi connectivity index (χ1n) is 13.3. The standard InChI is InChI=1S/C28H40N4O3S/c1-18(2)12-13-29-25(21-6-4-5-7-21)28(35)32-16-23(33)14-24(32)27(34)30-15-20-8-10-22(11-9-20)26-19(3)31-17-36-26/h8-11,17-18,21,23-25,29,33H,4-7,12-16H2,1-3H3,(H,30,34)/t23-,24+,25?/m1/s1. The summed E-state index contributed by atoms with van der Waals surface area (Å²) in [5, 5.41) is 16.9. The van der Waals surface area contributed by atoms with E-state index in [1.54, 1.807) is 16.2 Å². The smallest absolute Gasteiger partial charge is 0.243 e. The number of carbonyl (C=O) groups is 2. The third kappa shape index (κ3) is 6.52. The summed E-state index contributed by atoms with van der Waals surface area (Å²) in [6, 6.07) is 7.20. The number of benzene rings is 1. The quantitative estimate of drug-likeness (QED) is 0.449. The number of β-amino-alcohol motifs (C(OH)–C–C–N with tert-alkyl or cyclic N) is 1. The molecule has 3 N–H and O–H groups in total. The van der Waals surface area contributed by atoms with Crippen molar-refractivity contribution in [3.8, 4) is 10.4 Å². The van der Waals surface area contributed by atoms with E-state index in [1.807, 2.05) is 36.7 Å². The van der Waals surface area contributed by atoms with Crippen molar-refractivity contribution >= 4 is 23.2 Å². The first-order chi connectivity index (χ1) is 17.3. The Morgan fingerprint density at radius 2 is 1.92 bits per heavy atom. The molecule has 1 aromatic heterocycles. The summed E-state index contributed by atoms with van der Waals surface area (Å²) < 4.78 is 0. The molecule has 4 rings (SSSR count). The lowest BCUT2D eigenvalue weighted by atomic mass is 9.96. The Morgan fingerprint density at radius 3 is 2.56 bits per heavy atom. The summed E-state index contributed by atoms with van der Waals surface area (Å²) in [7, 11) is 0. The van der Waals surface area contributed by atoms with Gasteiger partial charge in [-0.3, -0.25) is 9.59 Å². The van der Waals surface area contributed by atoms with E-state index < -0.39 is 12.1 Å². The second kappa shape index (κ2) is 12.3. The summed E-state index contributed by atoms with van der Waals surface area (Å²) in [6.07, 6.45) is 4.98. The van der Waals surface area contributed by atoms with Gasteiger partial charge in [0.25, 0.3) is 0 Å². The molecule has 196 valence electrons. The summed E-state index contributed by atoms with van der Waals surface area (Å²) in [5.74, 6) is 0.622. The highest BCUT2D eigenvalue weighted by atomic mass is 32.1. The molecule has 2 aliphatic rings. The number of nitrogens with one attached hydrogen (secondary N) is 2. The van der Waals surface area contributed by atoms with Crippen LogP contribution in [0.2, 0.25) is 0 Å². The molecule has 2 fully saturated rings. The minimum atomic E-state index is -0.675. The van der Waals surface area contributed by atoms with Gasteiger partial charge in [0.1, 0.15) is 6.04 Å². The average Bonchev–Trinajstić information content (AvgIpc) is 3.61. The molecule has 1 saturated heterocycles. The Balaban J connectivity index is 1.38. The fourth-order valence-corrected chi connectivity index (χ4v) is 6.23. The maximum Gasteiger partial charge on any atom is 0.243 e. The van der Waals surface area contributed by atoms with Gasteiger partial charge < -0.3 is 20.6 Å². The number of nitrogens with zero attached hydrogens (tertiary/aromatic N) is 2. The molecule has 2 amide bonds. The van der Waals surface area contributed by atoms with Gasteiger partial charge in [0.05, 0.1) is 28.2 Å². The number of hydrogen-bond donors (Lipinski definition) is 3. The highest BCUT2D eigenvalue weighted by molar-refractivity contribution is 7.13. The fourth-order valence-electron chi connectivity index (χ4n) is 5.42. The van der Waals surface area contributed by atoms with Crippen molar-refractivity contribution in [3.05, 3.63) is 41.0 Å². The minimum absolute atomic E-state index is 0.0355. The number of likely N-dealkylation sites (tertiary alicyclic amines) is 1. The van der Waals surface area contributed by atoms with Crippen LogP contribution in [0.15, 0.2) is 29.8 Å². The number of hydrogen-bond acceptors (Lipinski definition) is 6. The largest absolute Gasteiger partial charge is 0.391 e. The van der Waals surface area contributed by atoms with Crippen molar-refractivity contribution in [1.82, 2.24) is 20.5 Å². The van der Waals surface area contributed by atoms with Crippen LogP contribution in [0.4, 0.5) is 0 Å². The first kappa shape index (κ1) is 26.8. The van der Waals surface area contributed by atoms with Crippen LogP contribution in [-0.4, -0.2) is 58.1 Å². The highest BCUT2D eigenvalue weighted by Crippen LogP contribution is 2.31. The SMILES string of the molecule is Cc1ncsc1-c1ccc(CNC(=O)[C@@H]2C[C@@H](O)CN2C(=O)C(NCCC(C)C)C2CCCC2)cc1. The van der Waals surface area contributed by atoms with Crippen LogP contribution in [0.5, 0.6) is 0 Å². The van der Waals surface area contributed by atoms with E-state index in [9.17, 15) is 14.7 Å². The molecule has 0 bridgehead atoms. The molecule has 2 aromatic rings. The number of carbonyl (C=O) groups excluding carboxylic acids is 2. The lowest BCUT2D eigenvalue weighted by Crippen LogP contribution is -2.54. The number of aliphatic hydroxyl groups is 1. The van der Waals surface area contributed by atoms with Gasteiger partial charge in [0, 0.05) is 19.5 Å². The Morgan fingerprint density at radius 1 is 1.19 bits per heavy atom. The Hall–Kier alpha value is -2.29. The Bertz CT molecular complexity index is 1020. The van der Waals surface area contributed by atoms with Gasteiger partial charge in [0.15, 0.2) is 0 Å². The zero-order chi connectivity index (χ0) is 25.7. The predicted octanol–water partition coefficient (Wildman–Crippen LogP) is 3.89. The third-order valence-electron chi connectivity index (χ3n) is 7.52. The Labute approximate surface area is 218 Å². The second-order valence-electron chi connectivity index (χ2n) is 10.7. The van der Waals surface area contributed by atoms with Crippen molar-refractivity contribution in [2.75, 3.05) is 13.1 Å². The number of rotatable bonds is 10. The van der Waals surface area contributed by atoms with E-state index in [1.165, 1.54) is 0 Å². The van der Waals surface area contributed by atoms with Gasteiger partial charge in [-0.2, -0.15) is 0 Å². The van der Waals surface area contributed by atoms with Crippen molar-refractivity contribution in [3.63, 3.8) is 0 Å². The van der Waals surface area contributed by atoms with Crippen molar-refractivity contribution < 1.29 is 14.7 Å². The molecular formula is C28H40N4O3S. The van der Waals surface area contributed by atoms with Crippen LogP contribution >= 0.6 is 11.3 Å². The number of aryl methyl sites for hydroxylation is 1. The molecule has 1 unspecified atom stereocenters. The molecule has 1 aliphatic carbocycles. The molecule has 1 aromatic carbocycles. The van der Waals surface area contributed by atoms with Crippen LogP contribution in [-0.2, 0) is 16.1 Å². The minimum Gasteiger partial charge on any atom is -0.391 e. The van der Waals surface area contributed by atoms with Crippen LogP contribution in [0, 0.1) is 18.8 Å². The van der Waals surface area contributed by atoms with Crippen LogP contribution in [0.3, 0.4) is 0 Å². The van der Waals surface area contributed by atoms with Gasteiger partial charge in [-0.15, -0.1) is 11.3 Å². The summed E-state index contributed by atoms with van der Waals surface area (Å²) in [4.78, 5) is 34.0. The van der Waals surface area contributed by atoms with Gasteiger partial charge in [0.2, 0.25) is 11.8 Å². The lowest BCUT2D eigenvalue weighted by Gasteiger charge is -2.31. The fraction of sp³-hybridized carbons (Fsp3) is 0.607. The first-order valence-corrected chi connectivity index (χ1v) is 14.2. The van der Waals surface area contributed by atoms with Crippen molar-refractivity contribution in [2.24, 2.45) is 11.8 Å². The number of aliphatic hydroxyl groups excluding tert-OH is 1. The maximum atomic E-state index is 13.7. The van der Waals surface area contributed by atoms with Crippen LogP contribution < -0.4 is 10.6 Å². The molecule has 3 atom stereocenters. The van der Waals surface area contributed by atoms with E-state index in [-0.39, 0.29) is 30.8 Å². The van der Waals surface area contributed by atoms with Gasteiger partial charge in [-0.05, 0) is 55.7 Å². The number of aromatic nitrogens is 1. The molecule has 0 radical (unpaired) electrons. The van der Waals surface area contributed by atoms with Gasteiger partial charge in [-0.25, -0.2) is 4.98 Å². The van der Waals surface area contributed by atoms with E-state index >= 15 is 0 Å². The Kier molecular flexibility index (Phi) is 9.14. The molecular weight excluding hydrogens is 472 g/mol. The van der Waals surface area contributed by atoms with Crippen molar-refractivity contribution in [1.29, 1.82) is 0 Å². The molecule has 1 saturated carbocycles. The van der Waals surface area contributed by atoms with Crippen LogP contribution in [0.1, 0.15) is 63.6 Å². The molecule has 36 heavy (non-hydrogen) atoms. The van der Waals surface area contributed by atoms with Gasteiger partial charge >= 0.3 is 0 Å². The van der Waals surface area contributed by atoms with E-state index in [0.29, 0.717) is 18.4 Å². The third-order valence-corrected chi connectivity index (χ3v) is 8.49. The predicted molar refractivity (Wildman–Crippen MR) is 143 cm³/mol. The summed E-state index contributed by atoms with van der Waals surface area (Å²) >= 11 is 1.62. The normalized spacial score (nSPS) is 21.3. The second-order valence-corrected chi connectivity index (χ2v) is 11.6. The monoisotopic (exact) mass is 512 g/mol. The number of thiazole rings is 1. The number of amides is 2. The van der Waals surface area contributed by atoms with E-state index in [2.05, 4.69) is 29.5 Å². The molecule has 0 spiro atoms. The summed E-state index contributed by atoms with van der Waals surface area (Å²) in [6.45, 7) is 7.75. The molecule has 8 heteroatoms. The van der Waals surface area contributed by atoms with E-state index in [0.717, 1.165) is 60.3 Å². The zero-order valence-electron chi connectivity index (χ0n) is 21.7. The summed E-state index contributed by atoms with van der Waals surface area (Å²) in [5.41, 5.74) is 4.97. The molecule has 2 heterocycles. The molecule has 1 aliphatic heterocycles. The topological polar surface area (TPSA) is 94.6 Å².